The van der Waals surface area contributed by atoms with E-state index in [0.717, 1.165) is 0 Å². The highest BCUT2D eigenvalue weighted by Gasteiger charge is 2.04. The summed E-state index contributed by atoms with van der Waals surface area (Å²) < 4.78 is 5.06. The van der Waals surface area contributed by atoms with Gasteiger partial charge in [-0.15, -0.1) is 0 Å². The largest absolute Gasteiger partial charge is 0.497 e. The van der Waals surface area contributed by atoms with E-state index in [1.165, 1.54) is 24.3 Å². The molecule has 1 amide bonds. The molecule has 0 heterocycles. The number of nitrogens with one attached hydrogen (secondary N) is 2. The Hall–Kier alpha value is -3.26. The lowest BCUT2D eigenvalue weighted by molar-refractivity contribution is -0.384. The van der Waals surface area contributed by atoms with Gasteiger partial charge in [0.25, 0.3) is 5.69 Å². The van der Waals surface area contributed by atoms with Crippen LogP contribution in [-0.4, -0.2) is 23.1 Å². The number of nitro groups is 1. The smallest absolute Gasteiger partial charge is 0.269 e. The van der Waals surface area contributed by atoms with Crippen molar-refractivity contribution in [2.24, 2.45) is 0 Å². The van der Waals surface area contributed by atoms with Gasteiger partial charge in [-0.1, -0.05) is 0 Å². The summed E-state index contributed by atoms with van der Waals surface area (Å²) in [5, 5.41) is 16.1. The number of carbonyl (C=O) groups is 1. The zero-order valence-corrected chi connectivity index (χ0v) is 14.1. The van der Waals surface area contributed by atoms with Crippen molar-refractivity contribution in [2.45, 2.75) is 0 Å². The highest BCUT2D eigenvalue weighted by Crippen LogP contribution is 2.15. The van der Waals surface area contributed by atoms with Crippen molar-refractivity contribution in [3.05, 3.63) is 70.3 Å². The van der Waals surface area contributed by atoms with E-state index in [4.69, 9.17) is 17.0 Å². The van der Waals surface area contributed by atoms with Gasteiger partial charge in [0.2, 0.25) is 5.91 Å². The van der Waals surface area contributed by atoms with Crippen LogP contribution in [0.5, 0.6) is 5.75 Å². The molecule has 25 heavy (non-hydrogen) atoms. The average molecular weight is 357 g/mol. The Morgan fingerprint density at radius 2 is 1.80 bits per heavy atom. The summed E-state index contributed by atoms with van der Waals surface area (Å²) in [6, 6.07) is 12.9. The monoisotopic (exact) mass is 357 g/mol. The number of amides is 1. The van der Waals surface area contributed by atoms with Gasteiger partial charge in [0.05, 0.1) is 12.0 Å². The fraction of sp³-hybridized carbons (Fsp3) is 0.0588. The van der Waals surface area contributed by atoms with Crippen LogP contribution in [-0.2, 0) is 4.79 Å². The topological polar surface area (TPSA) is 93.5 Å². The van der Waals surface area contributed by atoms with Gasteiger partial charge in [-0.3, -0.25) is 20.2 Å². The molecule has 0 aliphatic heterocycles. The summed E-state index contributed by atoms with van der Waals surface area (Å²) >= 11 is 5.07. The molecule has 7 nitrogen and oxygen atoms in total. The lowest BCUT2D eigenvalue weighted by atomic mass is 10.2. The Morgan fingerprint density at radius 3 is 2.36 bits per heavy atom. The molecule has 2 aromatic carbocycles. The molecule has 0 radical (unpaired) electrons. The number of rotatable bonds is 5. The zero-order chi connectivity index (χ0) is 18.2. The van der Waals surface area contributed by atoms with Crippen molar-refractivity contribution in [3.8, 4) is 5.75 Å². The van der Waals surface area contributed by atoms with Crippen molar-refractivity contribution >= 4 is 40.7 Å². The van der Waals surface area contributed by atoms with Gasteiger partial charge in [-0.25, -0.2) is 0 Å². The molecule has 0 unspecified atom stereocenters. The first-order chi connectivity index (χ1) is 12.0. The average Bonchev–Trinajstić information content (AvgIpc) is 2.61. The Kier molecular flexibility index (Phi) is 6.19. The fourth-order valence-electron chi connectivity index (χ4n) is 1.87. The van der Waals surface area contributed by atoms with E-state index in [1.807, 2.05) is 0 Å². The second kappa shape index (κ2) is 8.55. The summed E-state index contributed by atoms with van der Waals surface area (Å²) in [7, 11) is 1.57. The predicted molar refractivity (Wildman–Crippen MR) is 99.5 cm³/mol. The van der Waals surface area contributed by atoms with Crippen LogP contribution >= 0.6 is 12.2 Å². The number of nitro benzene ring substituents is 1. The number of carbonyl (C=O) groups excluding carboxylic acids is 1. The fourth-order valence-corrected chi connectivity index (χ4v) is 2.09. The van der Waals surface area contributed by atoms with E-state index in [9.17, 15) is 14.9 Å². The van der Waals surface area contributed by atoms with Crippen molar-refractivity contribution in [3.63, 3.8) is 0 Å². The summed E-state index contributed by atoms with van der Waals surface area (Å²) in [5.74, 6) is 0.302. The maximum Gasteiger partial charge on any atom is 0.269 e. The van der Waals surface area contributed by atoms with Crippen LogP contribution in [0.4, 0.5) is 11.4 Å². The summed E-state index contributed by atoms with van der Waals surface area (Å²) in [6.07, 6.45) is 2.83. The first kappa shape index (κ1) is 18.1. The highest BCUT2D eigenvalue weighted by molar-refractivity contribution is 7.80. The molecule has 0 aliphatic carbocycles. The maximum absolute atomic E-state index is 11.8. The van der Waals surface area contributed by atoms with Gasteiger partial charge in [0.1, 0.15) is 5.75 Å². The number of hydrogen-bond acceptors (Lipinski definition) is 5. The van der Waals surface area contributed by atoms with E-state index in [1.54, 1.807) is 43.5 Å². The summed E-state index contributed by atoms with van der Waals surface area (Å²) in [4.78, 5) is 21.9. The third-order valence-corrected chi connectivity index (χ3v) is 3.32. The van der Waals surface area contributed by atoms with Gasteiger partial charge in [-0.2, -0.15) is 0 Å². The molecule has 0 saturated carbocycles. The Morgan fingerprint density at radius 1 is 1.16 bits per heavy atom. The molecular formula is C17H15N3O4S. The van der Waals surface area contributed by atoms with Crippen LogP contribution in [0.25, 0.3) is 6.08 Å². The van der Waals surface area contributed by atoms with E-state index < -0.39 is 10.8 Å². The number of ether oxygens (including phenoxy) is 1. The van der Waals surface area contributed by atoms with E-state index in [2.05, 4.69) is 10.6 Å². The molecule has 0 saturated heterocycles. The second-order valence-corrected chi connectivity index (χ2v) is 5.26. The molecule has 0 bridgehead atoms. The van der Waals surface area contributed by atoms with Gasteiger partial charge in [0, 0.05) is 23.9 Å². The number of non-ortho nitro benzene ring substituents is 1. The third kappa shape index (κ3) is 5.70. The Bertz CT molecular complexity index is 802. The van der Waals surface area contributed by atoms with Crippen molar-refractivity contribution in [2.75, 3.05) is 12.4 Å². The molecule has 0 aromatic heterocycles. The molecule has 128 valence electrons. The molecule has 2 aromatic rings. The van der Waals surface area contributed by atoms with Crippen LogP contribution < -0.4 is 15.4 Å². The quantitative estimate of drug-likeness (QED) is 0.370. The van der Waals surface area contributed by atoms with E-state index in [0.29, 0.717) is 17.0 Å². The lowest BCUT2D eigenvalue weighted by Gasteiger charge is -2.08. The Balaban J connectivity index is 1.87. The van der Waals surface area contributed by atoms with Crippen LogP contribution in [0, 0.1) is 10.1 Å². The molecule has 2 rings (SSSR count). The standard InChI is InChI=1S/C17H15N3O4S/c1-24-15-9-5-13(6-10-15)18-17(25)19-16(21)11-4-12-2-7-14(8-3-12)20(22)23/h2-11H,1H3,(H2,18,19,21,25). The highest BCUT2D eigenvalue weighted by atomic mass is 32.1. The molecule has 0 fully saturated rings. The normalized spacial score (nSPS) is 10.3. The molecule has 8 heteroatoms. The van der Waals surface area contributed by atoms with Crippen molar-refractivity contribution < 1.29 is 14.5 Å². The SMILES string of the molecule is COc1ccc(NC(=S)NC(=O)C=Cc2ccc([N+](=O)[O-])cc2)cc1. The number of anilines is 1. The predicted octanol–water partition coefficient (Wildman–Crippen LogP) is 3.13. The lowest BCUT2D eigenvalue weighted by Crippen LogP contribution is -2.32. The minimum atomic E-state index is -0.483. The van der Waals surface area contributed by atoms with Crippen LogP contribution in [0.3, 0.4) is 0 Å². The minimum Gasteiger partial charge on any atom is -0.497 e. The minimum absolute atomic E-state index is 0.00790. The molecule has 0 atom stereocenters. The van der Waals surface area contributed by atoms with Gasteiger partial charge < -0.3 is 10.1 Å². The molecular weight excluding hydrogens is 342 g/mol. The molecule has 0 spiro atoms. The molecule has 0 aliphatic rings. The van der Waals surface area contributed by atoms with Crippen molar-refractivity contribution in [1.82, 2.24) is 5.32 Å². The van der Waals surface area contributed by atoms with Gasteiger partial charge >= 0.3 is 0 Å². The maximum atomic E-state index is 11.8. The van der Waals surface area contributed by atoms with Crippen LogP contribution in [0.15, 0.2) is 54.6 Å². The number of nitrogens with zero attached hydrogens (tertiary/aromatic N) is 1. The van der Waals surface area contributed by atoms with Crippen molar-refractivity contribution in [1.29, 1.82) is 0 Å². The summed E-state index contributed by atoms with van der Waals surface area (Å²) in [5.41, 5.74) is 1.37. The molecule has 2 N–H and O–H groups in total. The van der Waals surface area contributed by atoms with E-state index >= 15 is 0 Å². The van der Waals surface area contributed by atoms with Gasteiger partial charge in [0.15, 0.2) is 5.11 Å². The number of thiocarbonyl (C=S) groups is 1. The number of benzene rings is 2. The number of methoxy groups -OCH3 is 1. The van der Waals surface area contributed by atoms with E-state index in [-0.39, 0.29) is 10.8 Å². The Labute approximate surface area is 149 Å². The second-order valence-electron chi connectivity index (χ2n) is 4.85. The van der Waals surface area contributed by atoms with Crippen LogP contribution in [0.1, 0.15) is 5.56 Å². The number of hydrogen-bond donors (Lipinski definition) is 2. The first-order valence-corrected chi connectivity index (χ1v) is 7.57. The third-order valence-electron chi connectivity index (χ3n) is 3.12. The van der Waals surface area contributed by atoms with Crippen LogP contribution in [0.2, 0.25) is 0 Å². The van der Waals surface area contributed by atoms with Gasteiger partial charge in [-0.05, 0) is 60.3 Å². The zero-order valence-electron chi connectivity index (χ0n) is 13.3. The summed E-state index contributed by atoms with van der Waals surface area (Å²) in [6.45, 7) is 0. The first-order valence-electron chi connectivity index (χ1n) is 7.16.